The Bertz CT molecular complexity index is 687. The fourth-order valence-electron chi connectivity index (χ4n) is 1.89. The molecular weight excluding hydrogens is 298 g/mol. The Balaban J connectivity index is 2.32. The lowest BCUT2D eigenvalue weighted by molar-refractivity contribution is -0.383. The van der Waals surface area contributed by atoms with E-state index in [1.54, 1.807) is 0 Å². The second-order valence-electron chi connectivity index (χ2n) is 4.44. The van der Waals surface area contributed by atoms with Gasteiger partial charge in [-0.1, -0.05) is 11.8 Å². The second kappa shape index (κ2) is 6.20. The third-order valence-electron chi connectivity index (χ3n) is 2.92. The summed E-state index contributed by atoms with van der Waals surface area (Å²) in [5, 5.41) is 37.4. The van der Waals surface area contributed by atoms with Crippen LogP contribution in [0.2, 0.25) is 0 Å². The van der Waals surface area contributed by atoms with E-state index in [2.05, 4.69) is 10.2 Å². The zero-order valence-corrected chi connectivity index (χ0v) is 11.8. The number of rotatable bonds is 5. The molecule has 8 nitrogen and oxygen atoms in total. The minimum absolute atomic E-state index is 0.00527. The predicted molar refractivity (Wildman–Crippen MR) is 76.9 cm³/mol. The van der Waals surface area contributed by atoms with E-state index in [1.807, 2.05) is 0 Å². The van der Waals surface area contributed by atoms with Gasteiger partial charge in [0.2, 0.25) is 0 Å². The zero-order valence-electron chi connectivity index (χ0n) is 11.0. The summed E-state index contributed by atoms with van der Waals surface area (Å²) in [6.45, 7) is 1.35. The largest absolute Gasteiger partial charge is 0.389 e. The topological polar surface area (TPSA) is 129 Å². The third-order valence-corrected chi connectivity index (χ3v) is 3.83. The summed E-state index contributed by atoms with van der Waals surface area (Å²) in [5.74, 6) is 0.00527. The van der Waals surface area contributed by atoms with E-state index in [1.165, 1.54) is 25.3 Å². The molecule has 2 unspecified atom stereocenters. The van der Waals surface area contributed by atoms with Gasteiger partial charge in [-0.3, -0.25) is 20.0 Å². The Morgan fingerprint density at radius 1 is 1.52 bits per heavy atom. The van der Waals surface area contributed by atoms with E-state index >= 15 is 0 Å². The van der Waals surface area contributed by atoms with Crippen molar-refractivity contribution >= 4 is 33.5 Å². The van der Waals surface area contributed by atoms with Crippen LogP contribution in [-0.2, 0) is 4.79 Å². The molecule has 1 aromatic carbocycles. The van der Waals surface area contributed by atoms with Gasteiger partial charge in [-0.25, -0.2) is 0 Å². The molecule has 0 bridgehead atoms. The number of nitro groups is 1. The minimum atomic E-state index is -1.33. The maximum absolute atomic E-state index is 11.0. The fourth-order valence-corrected chi connectivity index (χ4v) is 2.48. The molecule has 0 aliphatic carbocycles. The van der Waals surface area contributed by atoms with Crippen molar-refractivity contribution in [2.75, 3.05) is 5.75 Å². The number of aromatic nitrogens is 2. The summed E-state index contributed by atoms with van der Waals surface area (Å²) < 4.78 is 0. The molecule has 112 valence electrons. The molecule has 0 amide bonds. The van der Waals surface area contributed by atoms with Crippen molar-refractivity contribution in [3.05, 3.63) is 34.0 Å². The lowest BCUT2D eigenvalue weighted by Crippen LogP contribution is -2.21. The van der Waals surface area contributed by atoms with Crippen LogP contribution in [-0.4, -0.2) is 42.3 Å². The first-order valence-electron chi connectivity index (χ1n) is 6.01. The van der Waals surface area contributed by atoms with Crippen LogP contribution < -0.4 is 0 Å². The molecule has 0 aliphatic heterocycles. The number of H-pyrrole nitrogens is 1. The fraction of sp³-hybridized carbons (Fsp3) is 0.333. The van der Waals surface area contributed by atoms with Crippen molar-refractivity contribution in [1.29, 1.82) is 0 Å². The van der Waals surface area contributed by atoms with Crippen LogP contribution in [0.15, 0.2) is 18.3 Å². The highest BCUT2D eigenvalue weighted by Gasteiger charge is 2.23. The average Bonchev–Trinajstić information content (AvgIpc) is 2.90. The van der Waals surface area contributed by atoms with Crippen LogP contribution in [0.5, 0.6) is 0 Å². The molecule has 1 aromatic heterocycles. The number of carbonyl (C=O) groups is 1. The number of carbonyl (C=O) groups excluding carboxylic acids is 1. The number of non-ortho nitro benzene ring substituents is 1. The predicted octanol–water partition coefficient (Wildman–Crippen LogP) is 1.15. The van der Waals surface area contributed by atoms with Crippen LogP contribution in [0.3, 0.4) is 0 Å². The molecule has 2 rings (SSSR count). The highest BCUT2D eigenvalue weighted by molar-refractivity contribution is 8.13. The number of benzene rings is 1. The Kier molecular flexibility index (Phi) is 4.56. The summed E-state index contributed by atoms with van der Waals surface area (Å²) in [4.78, 5) is 21.3. The third kappa shape index (κ3) is 3.38. The average molecular weight is 311 g/mol. The number of fused-ring (bicyclic) bond motifs is 1. The Morgan fingerprint density at radius 3 is 2.86 bits per heavy atom. The highest BCUT2D eigenvalue weighted by atomic mass is 32.2. The molecule has 0 spiro atoms. The monoisotopic (exact) mass is 311 g/mol. The number of aromatic amines is 1. The number of nitrogens with zero attached hydrogens (tertiary/aromatic N) is 2. The van der Waals surface area contributed by atoms with Crippen LogP contribution in [0.25, 0.3) is 10.9 Å². The van der Waals surface area contributed by atoms with E-state index in [0.717, 1.165) is 11.8 Å². The van der Waals surface area contributed by atoms with Crippen LogP contribution in [0.1, 0.15) is 18.6 Å². The first-order chi connectivity index (χ1) is 9.90. The van der Waals surface area contributed by atoms with Crippen molar-refractivity contribution in [2.45, 2.75) is 19.1 Å². The standard InChI is InChI=1S/C12H13N3O5S/c1-6(16)21-5-11(17)12(18)7-2-9-8(4-13-14-9)10(3-7)15(19)20/h2-4,11-12,17-18H,5H2,1H3,(H,13,14). The molecule has 0 radical (unpaired) electrons. The van der Waals surface area contributed by atoms with Crippen molar-refractivity contribution in [2.24, 2.45) is 0 Å². The van der Waals surface area contributed by atoms with Gasteiger partial charge in [0.05, 0.1) is 28.1 Å². The highest BCUT2D eigenvalue weighted by Crippen LogP contribution is 2.30. The number of aliphatic hydroxyl groups is 2. The molecule has 0 aliphatic rings. The van der Waals surface area contributed by atoms with Gasteiger partial charge in [-0.15, -0.1) is 0 Å². The van der Waals surface area contributed by atoms with Gasteiger partial charge in [-0.2, -0.15) is 5.10 Å². The molecular formula is C12H13N3O5S. The Morgan fingerprint density at radius 2 is 2.24 bits per heavy atom. The number of hydrogen-bond acceptors (Lipinski definition) is 7. The van der Waals surface area contributed by atoms with Crippen LogP contribution in [0, 0.1) is 10.1 Å². The van der Waals surface area contributed by atoms with Crippen molar-refractivity contribution < 1.29 is 19.9 Å². The van der Waals surface area contributed by atoms with Gasteiger partial charge in [0.1, 0.15) is 6.10 Å². The number of hydrogen-bond donors (Lipinski definition) is 3. The molecule has 9 heteroatoms. The summed E-state index contributed by atoms with van der Waals surface area (Å²) in [6.07, 6.45) is -1.21. The summed E-state index contributed by atoms with van der Waals surface area (Å²) in [6, 6.07) is 2.69. The van der Waals surface area contributed by atoms with Gasteiger partial charge < -0.3 is 10.2 Å². The van der Waals surface area contributed by atoms with Crippen molar-refractivity contribution in [3.63, 3.8) is 0 Å². The number of aliphatic hydroxyl groups excluding tert-OH is 2. The normalized spacial score (nSPS) is 14.0. The summed E-state index contributed by atoms with van der Waals surface area (Å²) in [5.41, 5.74) is 0.376. The molecule has 21 heavy (non-hydrogen) atoms. The molecule has 1 heterocycles. The summed E-state index contributed by atoms with van der Waals surface area (Å²) in [7, 11) is 0. The van der Waals surface area contributed by atoms with E-state index in [0.29, 0.717) is 10.9 Å². The van der Waals surface area contributed by atoms with E-state index < -0.39 is 17.1 Å². The smallest absolute Gasteiger partial charge is 0.280 e. The van der Waals surface area contributed by atoms with E-state index in [4.69, 9.17) is 0 Å². The van der Waals surface area contributed by atoms with E-state index in [-0.39, 0.29) is 22.1 Å². The first kappa shape index (κ1) is 15.4. The van der Waals surface area contributed by atoms with E-state index in [9.17, 15) is 25.1 Å². The molecule has 0 fully saturated rings. The Labute approximate surface area is 123 Å². The van der Waals surface area contributed by atoms with Crippen molar-refractivity contribution in [3.8, 4) is 0 Å². The van der Waals surface area contributed by atoms with Crippen molar-refractivity contribution in [1.82, 2.24) is 10.2 Å². The Hall–Kier alpha value is -1.97. The number of nitrogens with one attached hydrogen (secondary N) is 1. The summed E-state index contributed by atoms with van der Waals surface area (Å²) >= 11 is 0.875. The molecule has 3 N–H and O–H groups in total. The maximum atomic E-state index is 11.0. The van der Waals surface area contributed by atoms with Gasteiger partial charge in [0.15, 0.2) is 5.12 Å². The second-order valence-corrected chi connectivity index (χ2v) is 5.64. The molecule has 0 saturated heterocycles. The quantitative estimate of drug-likeness (QED) is 0.557. The SMILES string of the molecule is CC(=O)SCC(O)C(O)c1cc([N+](=O)[O-])c2cn[nH]c2c1. The van der Waals surface area contributed by atoms with Crippen LogP contribution in [0.4, 0.5) is 5.69 Å². The number of nitro benzene ring substituents is 1. The number of thioether (sulfide) groups is 1. The lowest BCUT2D eigenvalue weighted by Gasteiger charge is -2.17. The van der Waals surface area contributed by atoms with Gasteiger partial charge in [-0.05, 0) is 11.6 Å². The lowest BCUT2D eigenvalue weighted by atomic mass is 10.0. The molecule has 2 aromatic rings. The van der Waals surface area contributed by atoms with Crippen LogP contribution >= 0.6 is 11.8 Å². The maximum Gasteiger partial charge on any atom is 0.280 e. The molecule has 2 atom stereocenters. The van der Waals surface area contributed by atoms with Gasteiger partial charge in [0.25, 0.3) is 5.69 Å². The molecule has 0 saturated carbocycles. The minimum Gasteiger partial charge on any atom is -0.389 e. The van der Waals surface area contributed by atoms with Gasteiger partial charge >= 0.3 is 0 Å². The van der Waals surface area contributed by atoms with Gasteiger partial charge in [0, 0.05) is 18.7 Å². The first-order valence-corrected chi connectivity index (χ1v) is 6.99. The zero-order chi connectivity index (χ0) is 15.6.